The molecule has 1 saturated heterocycles. The Balaban J connectivity index is 1.25. The van der Waals surface area contributed by atoms with Crippen molar-refractivity contribution >= 4 is 56.4 Å². The van der Waals surface area contributed by atoms with Crippen LogP contribution in [0.4, 0.5) is 27.7 Å². The SMILES string of the molecule is COc1cc(NC(=O)c2sc3ncnc4c3c2NC(=O)N4c2cc(OC)c(OC)c(OC)c2)ccc1OCCN1CCOCC1. The van der Waals surface area contributed by atoms with Gasteiger partial charge in [-0.2, -0.15) is 0 Å². The number of urea groups is 1. The normalized spacial score (nSPS) is 14.6. The van der Waals surface area contributed by atoms with Gasteiger partial charge < -0.3 is 39.1 Å². The van der Waals surface area contributed by atoms with Crippen LogP contribution in [-0.2, 0) is 4.74 Å². The predicted molar refractivity (Wildman–Crippen MR) is 168 cm³/mol. The van der Waals surface area contributed by atoms with Crippen molar-refractivity contribution in [3.8, 4) is 28.7 Å². The molecule has 2 aliphatic rings. The second kappa shape index (κ2) is 13.0. The maximum Gasteiger partial charge on any atom is 0.332 e. The highest BCUT2D eigenvalue weighted by atomic mass is 32.1. The third-order valence-electron chi connectivity index (χ3n) is 7.42. The molecule has 0 spiro atoms. The molecule has 2 aromatic heterocycles. The summed E-state index contributed by atoms with van der Waals surface area (Å²) in [6.07, 6.45) is 1.35. The first-order valence-corrected chi connectivity index (χ1v) is 14.9. The molecule has 2 aromatic carbocycles. The minimum Gasteiger partial charge on any atom is -0.493 e. The molecular weight excluding hydrogens is 604 g/mol. The van der Waals surface area contributed by atoms with Crippen molar-refractivity contribution < 1.29 is 38.0 Å². The number of thiophene rings is 1. The van der Waals surface area contributed by atoms with Crippen LogP contribution in [0.15, 0.2) is 36.7 Å². The largest absolute Gasteiger partial charge is 0.493 e. The standard InChI is InChI=1S/C30H32N6O8S/c1-39-20-13-17(5-6-19(20)44-12-9-35-7-10-43-11-8-35)33-28(37)26-24-23-27(31-16-32-29(23)45-26)36(30(38)34-24)18-14-21(40-2)25(42-4)22(15-18)41-3/h5-6,13-16H,7-12H2,1-4H3,(H,33,37)(H,34,38). The van der Waals surface area contributed by atoms with Gasteiger partial charge in [0.2, 0.25) is 5.75 Å². The lowest BCUT2D eigenvalue weighted by Gasteiger charge is -2.28. The first-order chi connectivity index (χ1) is 21.9. The van der Waals surface area contributed by atoms with E-state index >= 15 is 0 Å². The Morgan fingerprint density at radius 3 is 2.40 bits per heavy atom. The molecule has 0 radical (unpaired) electrons. The average Bonchev–Trinajstić information content (AvgIpc) is 3.44. The quantitative estimate of drug-likeness (QED) is 0.242. The number of nitrogens with one attached hydrogen (secondary N) is 2. The lowest BCUT2D eigenvalue weighted by atomic mass is 10.1. The Morgan fingerprint density at radius 1 is 0.978 bits per heavy atom. The third-order valence-corrected chi connectivity index (χ3v) is 8.52. The van der Waals surface area contributed by atoms with E-state index in [9.17, 15) is 9.59 Å². The minimum absolute atomic E-state index is 0.273. The fourth-order valence-corrected chi connectivity index (χ4v) is 6.21. The second-order valence-electron chi connectivity index (χ2n) is 9.95. The first-order valence-electron chi connectivity index (χ1n) is 14.1. The number of methoxy groups -OCH3 is 4. The summed E-state index contributed by atoms with van der Waals surface area (Å²) >= 11 is 1.14. The Bertz CT molecular complexity index is 1720. The smallest absolute Gasteiger partial charge is 0.332 e. The Labute approximate surface area is 262 Å². The van der Waals surface area contributed by atoms with Gasteiger partial charge in [-0.05, 0) is 12.1 Å². The van der Waals surface area contributed by atoms with E-state index in [0.717, 1.165) is 44.2 Å². The zero-order valence-electron chi connectivity index (χ0n) is 25.2. The average molecular weight is 637 g/mol. The lowest BCUT2D eigenvalue weighted by Crippen LogP contribution is -2.38. The molecule has 0 atom stereocenters. The molecule has 0 unspecified atom stereocenters. The Kier molecular flexibility index (Phi) is 8.73. The summed E-state index contributed by atoms with van der Waals surface area (Å²) in [5.41, 5.74) is 1.24. The van der Waals surface area contributed by atoms with Gasteiger partial charge in [-0.3, -0.25) is 9.69 Å². The fourth-order valence-electron chi connectivity index (χ4n) is 5.22. The van der Waals surface area contributed by atoms with Crippen LogP contribution in [0.25, 0.3) is 10.2 Å². The number of hydrogen-bond donors (Lipinski definition) is 2. The summed E-state index contributed by atoms with van der Waals surface area (Å²) in [6, 6.07) is 7.94. The van der Waals surface area contributed by atoms with Gasteiger partial charge in [-0.15, -0.1) is 11.3 Å². The van der Waals surface area contributed by atoms with Gasteiger partial charge >= 0.3 is 6.03 Å². The predicted octanol–water partition coefficient (Wildman–Crippen LogP) is 4.37. The van der Waals surface area contributed by atoms with Crippen molar-refractivity contribution in [3.05, 3.63) is 41.5 Å². The number of morpholine rings is 1. The van der Waals surface area contributed by atoms with Gasteiger partial charge in [-0.25, -0.2) is 19.7 Å². The summed E-state index contributed by atoms with van der Waals surface area (Å²) in [6.45, 7) is 4.46. The van der Waals surface area contributed by atoms with E-state index in [0.29, 0.717) is 68.5 Å². The maximum atomic E-state index is 13.6. The number of nitrogens with zero attached hydrogens (tertiary/aromatic N) is 4. The number of ether oxygens (including phenoxy) is 6. The molecular formula is C30H32N6O8S. The van der Waals surface area contributed by atoms with E-state index < -0.39 is 11.9 Å². The van der Waals surface area contributed by atoms with Gasteiger partial charge in [0.1, 0.15) is 22.6 Å². The van der Waals surface area contributed by atoms with E-state index in [1.54, 1.807) is 37.4 Å². The van der Waals surface area contributed by atoms with Crippen LogP contribution in [0.1, 0.15) is 9.67 Å². The Morgan fingerprint density at radius 2 is 1.71 bits per heavy atom. The van der Waals surface area contributed by atoms with Gasteiger partial charge in [0, 0.05) is 43.5 Å². The van der Waals surface area contributed by atoms with E-state index in [1.807, 2.05) is 0 Å². The van der Waals surface area contributed by atoms with Crippen molar-refractivity contribution in [2.24, 2.45) is 0 Å². The van der Waals surface area contributed by atoms with Gasteiger partial charge in [-0.1, -0.05) is 0 Å². The summed E-state index contributed by atoms with van der Waals surface area (Å²) in [7, 11) is 6.02. The van der Waals surface area contributed by atoms with E-state index in [4.69, 9.17) is 28.4 Å². The maximum absolute atomic E-state index is 13.6. The van der Waals surface area contributed by atoms with Crippen molar-refractivity contribution in [2.45, 2.75) is 0 Å². The summed E-state index contributed by atoms with van der Waals surface area (Å²) in [5, 5.41) is 6.29. The van der Waals surface area contributed by atoms with Crippen LogP contribution >= 0.6 is 11.3 Å². The molecule has 1 fully saturated rings. The number of carbonyl (C=O) groups excluding carboxylic acids is 2. The number of aromatic nitrogens is 2. The fraction of sp³-hybridized carbons (Fsp3) is 0.333. The van der Waals surface area contributed by atoms with Gasteiger partial charge in [0.25, 0.3) is 5.91 Å². The first kappa shape index (κ1) is 30.2. The van der Waals surface area contributed by atoms with Gasteiger partial charge in [0.05, 0.1) is 58.4 Å². The molecule has 2 N–H and O–H groups in total. The van der Waals surface area contributed by atoms with Gasteiger partial charge in [0.15, 0.2) is 28.8 Å². The molecule has 3 amide bonds. The number of anilines is 4. The summed E-state index contributed by atoms with van der Waals surface area (Å²) < 4.78 is 33.3. The number of rotatable bonds is 11. The molecule has 0 aliphatic carbocycles. The van der Waals surface area contributed by atoms with Crippen LogP contribution in [0.5, 0.6) is 28.7 Å². The highest BCUT2D eigenvalue weighted by Gasteiger charge is 2.35. The van der Waals surface area contributed by atoms with Crippen molar-refractivity contribution in [2.75, 3.05) is 83.4 Å². The van der Waals surface area contributed by atoms with Crippen LogP contribution in [0.3, 0.4) is 0 Å². The molecule has 4 heterocycles. The van der Waals surface area contributed by atoms with Crippen LogP contribution < -0.4 is 39.2 Å². The topological polar surface area (TPSA) is 146 Å². The van der Waals surface area contributed by atoms with Crippen LogP contribution in [-0.4, -0.2) is 94.7 Å². The molecule has 0 bridgehead atoms. The molecule has 236 valence electrons. The number of benzene rings is 2. The van der Waals surface area contributed by atoms with Crippen molar-refractivity contribution in [1.82, 2.24) is 14.9 Å². The third kappa shape index (κ3) is 5.84. The van der Waals surface area contributed by atoms with E-state index in [-0.39, 0.29) is 4.88 Å². The second-order valence-corrected chi connectivity index (χ2v) is 11.0. The molecule has 6 rings (SSSR count). The number of amides is 3. The number of hydrogen-bond acceptors (Lipinski definition) is 12. The molecule has 15 heteroatoms. The Hall–Kier alpha value is -4.86. The minimum atomic E-state index is -0.524. The van der Waals surface area contributed by atoms with Crippen LogP contribution in [0.2, 0.25) is 0 Å². The number of carbonyl (C=O) groups is 2. The zero-order valence-corrected chi connectivity index (χ0v) is 26.0. The van der Waals surface area contributed by atoms with E-state index in [2.05, 4.69) is 25.5 Å². The molecule has 14 nitrogen and oxygen atoms in total. The van der Waals surface area contributed by atoms with Crippen molar-refractivity contribution in [3.63, 3.8) is 0 Å². The summed E-state index contributed by atoms with van der Waals surface area (Å²) in [4.78, 5) is 40.4. The highest BCUT2D eigenvalue weighted by Crippen LogP contribution is 2.48. The molecule has 0 saturated carbocycles. The molecule has 2 aliphatic heterocycles. The summed E-state index contributed by atoms with van der Waals surface area (Å²) in [5.74, 6) is 2.05. The monoisotopic (exact) mass is 636 g/mol. The van der Waals surface area contributed by atoms with Crippen LogP contribution in [0, 0.1) is 0 Å². The molecule has 45 heavy (non-hydrogen) atoms. The van der Waals surface area contributed by atoms with Crippen molar-refractivity contribution in [1.29, 1.82) is 0 Å². The van der Waals surface area contributed by atoms with E-state index in [1.165, 1.54) is 32.6 Å². The highest BCUT2D eigenvalue weighted by molar-refractivity contribution is 7.21. The lowest BCUT2D eigenvalue weighted by molar-refractivity contribution is 0.0321. The molecule has 4 aromatic rings. The zero-order chi connectivity index (χ0) is 31.5.